The number of ether oxygens (including phenoxy) is 2. The maximum atomic E-state index is 10.8. The highest BCUT2D eigenvalue weighted by atomic mass is 16.5. The summed E-state index contributed by atoms with van der Waals surface area (Å²) in [6, 6.07) is 7.81. The summed E-state index contributed by atoms with van der Waals surface area (Å²) < 4.78 is 10.1. The zero-order chi connectivity index (χ0) is 14.1. The Bertz CT molecular complexity index is 378. The first-order valence-electron chi connectivity index (χ1n) is 6.21. The van der Waals surface area contributed by atoms with Gasteiger partial charge in [-0.1, -0.05) is 12.1 Å². The van der Waals surface area contributed by atoms with Crippen LogP contribution < -0.4 is 4.74 Å². The minimum atomic E-state index is -0.814. The van der Waals surface area contributed by atoms with E-state index in [0.717, 1.165) is 17.7 Å². The third kappa shape index (κ3) is 6.22. The van der Waals surface area contributed by atoms with Crippen LogP contribution in [0.4, 0.5) is 0 Å². The Morgan fingerprint density at radius 2 is 1.89 bits per heavy atom. The highest BCUT2D eigenvalue weighted by Crippen LogP contribution is 2.11. The minimum absolute atomic E-state index is 0.0412. The van der Waals surface area contributed by atoms with Crippen molar-refractivity contribution >= 4 is 5.97 Å². The molecule has 0 aromatic heterocycles. The summed E-state index contributed by atoms with van der Waals surface area (Å²) in [5.41, 5.74) is 1.16. The lowest BCUT2D eigenvalue weighted by atomic mass is 10.1. The molecule has 0 radical (unpaired) electrons. The van der Waals surface area contributed by atoms with E-state index in [2.05, 4.69) is 0 Å². The Labute approximate surface area is 113 Å². The predicted molar refractivity (Wildman–Crippen MR) is 72.6 cm³/mol. The molecule has 0 atom stereocenters. The molecule has 5 nitrogen and oxygen atoms in total. The average Bonchev–Trinajstić information content (AvgIpc) is 2.42. The van der Waals surface area contributed by atoms with E-state index < -0.39 is 5.97 Å². The van der Waals surface area contributed by atoms with Gasteiger partial charge in [0.2, 0.25) is 0 Å². The molecule has 0 saturated heterocycles. The molecule has 0 fully saturated rings. The average molecular weight is 267 g/mol. The number of methoxy groups -OCH3 is 2. The molecule has 1 aromatic carbocycles. The van der Waals surface area contributed by atoms with Crippen molar-refractivity contribution in [2.75, 3.05) is 40.5 Å². The Morgan fingerprint density at radius 1 is 1.21 bits per heavy atom. The number of nitrogens with zero attached hydrogens (tertiary/aromatic N) is 1. The Kier molecular flexibility index (Phi) is 6.92. The van der Waals surface area contributed by atoms with Crippen molar-refractivity contribution in [1.29, 1.82) is 0 Å². The van der Waals surface area contributed by atoms with Crippen LogP contribution in [0.2, 0.25) is 0 Å². The summed E-state index contributed by atoms with van der Waals surface area (Å²) in [7, 11) is 3.25. The first-order valence-corrected chi connectivity index (χ1v) is 6.21. The number of rotatable bonds is 9. The first kappa shape index (κ1) is 15.5. The molecular weight excluding hydrogens is 246 g/mol. The summed E-state index contributed by atoms with van der Waals surface area (Å²) in [6.07, 6.45) is 0.807. The summed E-state index contributed by atoms with van der Waals surface area (Å²) in [5.74, 6) is 0.0105. The largest absolute Gasteiger partial charge is 0.497 e. The highest BCUT2D eigenvalue weighted by Gasteiger charge is 2.09. The zero-order valence-corrected chi connectivity index (χ0v) is 11.5. The molecule has 0 aliphatic heterocycles. The lowest BCUT2D eigenvalue weighted by molar-refractivity contribution is -0.138. The van der Waals surface area contributed by atoms with Gasteiger partial charge in [-0.15, -0.1) is 0 Å². The standard InChI is InChI=1S/C14H21NO4/c1-18-10-9-15(11-14(16)17)8-7-12-3-5-13(19-2)6-4-12/h3-6H,7-11H2,1-2H3,(H,16,17). The van der Waals surface area contributed by atoms with Crippen LogP contribution in [0.1, 0.15) is 5.56 Å². The van der Waals surface area contributed by atoms with Crippen molar-refractivity contribution in [3.8, 4) is 5.75 Å². The molecule has 106 valence electrons. The van der Waals surface area contributed by atoms with Gasteiger partial charge in [-0.25, -0.2) is 0 Å². The molecule has 0 heterocycles. The molecule has 0 unspecified atom stereocenters. The molecule has 1 rings (SSSR count). The van der Waals surface area contributed by atoms with Crippen molar-refractivity contribution in [2.45, 2.75) is 6.42 Å². The van der Waals surface area contributed by atoms with Crippen LogP contribution in [0.25, 0.3) is 0 Å². The third-order valence-corrected chi connectivity index (χ3v) is 2.85. The Balaban J connectivity index is 2.46. The van der Waals surface area contributed by atoms with Gasteiger partial charge in [0.05, 0.1) is 20.3 Å². The zero-order valence-electron chi connectivity index (χ0n) is 11.5. The normalized spacial score (nSPS) is 10.7. The summed E-state index contributed by atoms with van der Waals surface area (Å²) in [5, 5.41) is 8.85. The molecule has 1 aromatic rings. The summed E-state index contributed by atoms with van der Waals surface area (Å²) >= 11 is 0. The molecule has 0 aliphatic rings. The van der Waals surface area contributed by atoms with Gasteiger partial charge in [0, 0.05) is 20.2 Å². The van der Waals surface area contributed by atoms with E-state index in [1.54, 1.807) is 14.2 Å². The van der Waals surface area contributed by atoms with E-state index in [1.165, 1.54) is 0 Å². The van der Waals surface area contributed by atoms with E-state index >= 15 is 0 Å². The number of benzene rings is 1. The van der Waals surface area contributed by atoms with Crippen LogP contribution in [-0.4, -0.2) is 56.4 Å². The van der Waals surface area contributed by atoms with E-state index in [-0.39, 0.29) is 6.54 Å². The number of carbonyl (C=O) groups is 1. The van der Waals surface area contributed by atoms with Gasteiger partial charge in [-0.05, 0) is 24.1 Å². The second-order valence-corrected chi connectivity index (χ2v) is 4.26. The minimum Gasteiger partial charge on any atom is -0.497 e. The van der Waals surface area contributed by atoms with Gasteiger partial charge >= 0.3 is 5.97 Å². The second-order valence-electron chi connectivity index (χ2n) is 4.26. The molecule has 0 amide bonds. The van der Waals surface area contributed by atoms with Gasteiger partial charge in [0.25, 0.3) is 0 Å². The number of aliphatic carboxylic acids is 1. The quantitative estimate of drug-likeness (QED) is 0.730. The molecule has 0 spiro atoms. The molecule has 19 heavy (non-hydrogen) atoms. The van der Waals surface area contributed by atoms with E-state index in [0.29, 0.717) is 19.7 Å². The lowest BCUT2D eigenvalue weighted by Crippen LogP contribution is -2.34. The number of hydrogen-bond acceptors (Lipinski definition) is 4. The maximum absolute atomic E-state index is 10.8. The van der Waals surface area contributed by atoms with Crippen LogP contribution in [-0.2, 0) is 16.0 Å². The Hall–Kier alpha value is -1.59. The molecule has 1 N–H and O–H groups in total. The fourth-order valence-electron chi connectivity index (χ4n) is 1.76. The van der Waals surface area contributed by atoms with Crippen molar-refractivity contribution in [3.63, 3.8) is 0 Å². The first-order chi connectivity index (χ1) is 9.15. The second kappa shape index (κ2) is 8.50. The van der Waals surface area contributed by atoms with Crippen molar-refractivity contribution in [2.24, 2.45) is 0 Å². The Morgan fingerprint density at radius 3 is 2.42 bits per heavy atom. The van der Waals surface area contributed by atoms with Gasteiger partial charge < -0.3 is 14.6 Å². The van der Waals surface area contributed by atoms with Crippen LogP contribution in [0.5, 0.6) is 5.75 Å². The number of carboxylic acid groups (broad SMARTS) is 1. The van der Waals surface area contributed by atoms with Crippen LogP contribution in [0.15, 0.2) is 24.3 Å². The molecular formula is C14H21NO4. The smallest absolute Gasteiger partial charge is 0.317 e. The van der Waals surface area contributed by atoms with Crippen LogP contribution in [0, 0.1) is 0 Å². The van der Waals surface area contributed by atoms with E-state index in [9.17, 15) is 4.79 Å². The SMILES string of the molecule is COCCN(CCc1ccc(OC)cc1)CC(=O)O. The monoisotopic (exact) mass is 267 g/mol. The summed E-state index contributed by atoms with van der Waals surface area (Å²) in [6.45, 7) is 1.90. The van der Waals surface area contributed by atoms with Gasteiger partial charge in [-0.2, -0.15) is 0 Å². The van der Waals surface area contributed by atoms with Crippen molar-refractivity contribution in [1.82, 2.24) is 4.90 Å². The van der Waals surface area contributed by atoms with Crippen molar-refractivity contribution in [3.05, 3.63) is 29.8 Å². The molecule has 0 saturated carbocycles. The number of carboxylic acids is 1. The van der Waals surface area contributed by atoms with E-state index in [4.69, 9.17) is 14.6 Å². The maximum Gasteiger partial charge on any atom is 0.317 e. The third-order valence-electron chi connectivity index (χ3n) is 2.85. The molecule has 5 heteroatoms. The highest BCUT2D eigenvalue weighted by molar-refractivity contribution is 5.69. The van der Waals surface area contributed by atoms with Gasteiger partial charge in [0.1, 0.15) is 5.75 Å². The van der Waals surface area contributed by atoms with Crippen molar-refractivity contribution < 1.29 is 19.4 Å². The molecule has 0 bridgehead atoms. The fourth-order valence-corrected chi connectivity index (χ4v) is 1.76. The van der Waals surface area contributed by atoms with Crippen LogP contribution in [0.3, 0.4) is 0 Å². The number of hydrogen-bond donors (Lipinski definition) is 1. The van der Waals surface area contributed by atoms with Crippen LogP contribution >= 0.6 is 0 Å². The van der Waals surface area contributed by atoms with Gasteiger partial charge in [0.15, 0.2) is 0 Å². The topological polar surface area (TPSA) is 59.0 Å². The molecule has 0 aliphatic carbocycles. The van der Waals surface area contributed by atoms with Gasteiger partial charge in [-0.3, -0.25) is 9.69 Å². The van der Waals surface area contributed by atoms with E-state index in [1.807, 2.05) is 29.2 Å². The lowest BCUT2D eigenvalue weighted by Gasteiger charge is -2.19. The predicted octanol–water partition coefficient (Wildman–Crippen LogP) is 1.27. The summed E-state index contributed by atoms with van der Waals surface area (Å²) in [4.78, 5) is 12.6. The fraction of sp³-hybridized carbons (Fsp3) is 0.500.